The molecule has 0 radical (unpaired) electrons. The summed E-state index contributed by atoms with van der Waals surface area (Å²) in [5.74, 6) is -0.768. The number of carboxylic acids is 1. The molecule has 20 heavy (non-hydrogen) atoms. The molecule has 6 heteroatoms. The van der Waals surface area contributed by atoms with Crippen LogP contribution in [0.3, 0.4) is 0 Å². The Morgan fingerprint density at radius 2 is 1.90 bits per heavy atom. The SMILES string of the molecule is CC(c1ccc(Cl)c(Cl)c1)N1CCN(CC(=O)O)CC1. The molecule has 0 saturated carbocycles. The Bertz CT molecular complexity index is 488. The molecule has 2 rings (SSSR count). The second kappa shape index (κ2) is 6.76. The quantitative estimate of drug-likeness (QED) is 0.927. The lowest BCUT2D eigenvalue weighted by atomic mass is 10.1. The Morgan fingerprint density at radius 1 is 1.25 bits per heavy atom. The number of carboxylic acid groups (broad SMARTS) is 1. The molecule has 0 amide bonds. The van der Waals surface area contributed by atoms with Crippen LogP contribution in [0.15, 0.2) is 18.2 Å². The molecule has 110 valence electrons. The standard InChI is InChI=1S/C14H18Cl2N2O2/c1-10(11-2-3-12(15)13(16)8-11)18-6-4-17(5-7-18)9-14(19)20/h2-3,8,10H,4-7,9H2,1H3,(H,19,20). The molecule has 1 aliphatic heterocycles. The van der Waals surface area contributed by atoms with E-state index in [9.17, 15) is 4.79 Å². The van der Waals surface area contributed by atoms with E-state index in [1.807, 2.05) is 23.1 Å². The van der Waals surface area contributed by atoms with Crippen molar-refractivity contribution in [2.24, 2.45) is 0 Å². The van der Waals surface area contributed by atoms with Crippen LogP contribution in [0.4, 0.5) is 0 Å². The van der Waals surface area contributed by atoms with Crippen LogP contribution in [-0.2, 0) is 4.79 Å². The number of nitrogens with zero attached hydrogens (tertiary/aromatic N) is 2. The maximum absolute atomic E-state index is 10.7. The summed E-state index contributed by atoms with van der Waals surface area (Å²) in [6, 6.07) is 5.95. The highest BCUT2D eigenvalue weighted by molar-refractivity contribution is 6.42. The van der Waals surface area contributed by atoms with E-state index in [-0.39, 0.29) is 12.6 Å². The maximum Gasteiger partial charge on any atom is 0.317 e. The van der Waals surface area contributed by atoms with Gasteiger partial charge < -0.3 is 5.11 Å². The topological polar surface area (TPSA) is 43.8 Å². The van der Waals surface area contributed by atoms with Gasteiger partial charge in [-0.25, -0.2) is 0 Å². The molecule has 1 aromatic rings. The number of rotatable bonds is 4. The van der Waals surface area contributed by atoms with Crippen LogP contribution in [0, 0.1) is 0 Å². The van der Waals surface area contributed by atoms with Crippen molar-refractivity contribution in [3.8, 4) is 0 Å². The highest BCUT2D eigenvalue weighted by atomic mass is 35.5. The minimum atomic E-state index is -0.768. The second-order valence-electron chi connectivity index (χ2n) is 5.06. The lowest BCUT2D eigenvalue weighted by molar-refractivity contribution is -0.138. The molecule has 4 nitrogen and oxygen atoms in total. The number of hydrogen-bond acceptors (Lipinski definition) is 3. The van der Waals surface area contributed by atoms with Crippen molar-refractivity contribution in [3.05, 3.63) is 33.8 Å². The zero-order valence-electron chi connectivity index (χ0n) is 11.4. The Labute approximate surface area is 128 Å². The molecule has 1 saturated heterocycles. The predicted octanol–water partition coefficient (Wildman–Crippen LogP) is 2.76. The van der Waals surface area contributed by atoms with Crippen molar-refractivity contribution >= 4 is 29.2 Å². The zero-order valence-corrected chi connectivity index (χ0v) is 12.9. The van der Waals surface area contributed by atoms with Gasteiger partial charge in [-0.15, -0.1) is 0 Å². The van der Waals surface area contributed by atoms with Crippen LogP contribution in [0.5, 0.6) is 0 Å². The predicted molar refractivity (Wildman–Crippen MR) is 80.5 cm³/mol. The first-order chi connectivity index (χ1) is 9.47. The van der Waals surface area contributed by atoms with E-state index in [4.69, 9.17) is 28.3 Å². The summed E-state index contributed by atoms with van der Waals surface area (Å²) in [4.78, 5) is 15.0. The van der Waals surface area contributed by atoms with Crippen molar-refractivity contribution in [2.45, 2.75) is 13.0 Å². The molecule has 0 bridgehead atoms. The molecule has 0 aromatic heterocycles. The third kappa shape index (κ3) is 3.85. The molecule has 1 aliphatic rings. The van der Waals surface area contributed by atoms with E-state index in [1.54, 1.807) is 0 Å². The first kappa shape index (κ1) is 15.6. The number of hydrogen-bond donors (Lipinski definition) is 1. The van der Waals surface area contributed by atoms with Gasteiger partial charge >= 0.3 is 5.97 Å². The Kier molecular flexibility index (Phi) is 5.27. The Hall–Kier alpha value is -0.810. The Morgan fingerprint density at radius 3 is 2.45 bits per heavy atom. The van der Waals surface area contributed by atoms with Gasteiger partial charge in [-0.1, -0.05) is 29.3 Å². The molecule has 1 aromatic carbocycles. The number of piperazine rings is 1. The fraction of sp³-hybridized carbons (Fsp3) is 0.500. The van der Waals surface area contributed by atoms with Crippen molar-refractivity contribution in [1.82, 2.24) is 9.80 Å². The molecular weight excluding hydrogens is 299 g/mol. The summed E-state index contributed by atoms with van der Waals surface area (Å²) in [5, 5.41) is 9.93. The average molecular weight is 317 g/mol. The summed E-state index contributed by atoms with van der Waals surface area (Å²) in [6.45, 7) is 5.51. The molecular formula is C14H18Cl2N2O2. The average Bonchev–Trinajstić information content (AvgIpc) is 2.41. The molecule has 1 heterocycles. The summed E-state index contributed by atoms with van der Waals surface area (Å²) >= 11 is 12.0. The van der Waals surface area contributed by atoms with Crippen LogP contribution in [0.25, 0.3) is 0 Å². The summed E-state index contributed by atoms with van der Waals surface area (Å²) in [5.41, 5.74) is 1.13. The van der Waals surface area contributed by atoms with E-state index >= 15 is 0 Å². The fourth-order valence-electron chi connectivity index (χ4n) is 2.48. The zero-order chi connectivity index (χ0) is 14.7. The lowest BCUT2D eigenvalue weighted by Gasteiger charge is -2.37. The number of halogens is 2. The van der Waals surface area contributed by atoms with Gasteiger partial charge in [0.1, 0.15) is 0 Å². The molecule has 1 N–H and O–H groups in total. The summed E-state index contributed by atoms with van der Waals surface area (Å²) in [7, 11) is 0. The fourth-order valence-corrected chi connectivity index (χ4v) is 2.79. The maximum atomic E-state index is 10.7. The van der Waals surface area contributed by atoms with Gasteiger partial charge in [0.05, 0.1) is 16.6 Å². The largest absolute Gasteiger partial charge is 0.480 e. The van der Waals surface area contributed by atoms with Gasteiger partial charge in [0, 0.05) is 32.2 Å². The minimum absolute atomic E-state index is 0.120. The van der Waals surface area contributed by atoms with Crippen molar-refractivity contribution in [3.63, 3.8) is 0 Å². The van der Waals surface area contributed by atoms with Crippen LogP contribution < -0.4 is 0 Å². The monoisotopic (exact) mass is 316 g/mol. The number of benzene rings is 1. The second-order valence-corrected chi connectivity index (χ2v) is 5.87. The van der Waals surface area contributed by atoms with Crippen LogP contribution in [-0.4, -0.2) is 53.6 Å². The van der Waals surface area contributed by atoms with Crippen molar-refractivity contribution in [2.75, 3.05) is 32.7 Å². The van der Waals surface area contributed by atoms with E-state index in [1.165, 1.54) is 0 Å². The van der Waals surface area contributed by atoms with Gasteiger partial charge in [0.2, 0.25) is 0 Å². The molecule has 0 spiro atoms. The first-order valence-corrected chi connectivity index (χ1v) is 7.36. The van der Waals surface area contributed by atoms with Gasteiger partial charge in [-0.3, -0.25) is 14.6 Å². The summed E-state index contributed by atoms with van der Waals surface area (Å²) < 4.78 is 0. The normalized spacial score (nSPS) is 18.9. The van der Waals surface area contributed by atoms with Crippen LogP contribution in [0.1, 0.15) is 18.5 Å². The highest BCUT2D eigenvalue weighted by Crippen LogP contribution is 2.28. The van der Waals surface area contributed by atoms with Gasteiger partial charge in [-0.05, 0) is 24.6 Å². The van der Waals surface area contributed by atoms with Gasteiger partial charge in [-0.2, -0.15) is 0 Å². The van der Waals surface area contributed by atoms with Gasteiger partial charge in [0.25, 0.3) is 0 Å². The van der Waals surface area contributed by atoms with E-state index in [0.717, 1.165) is 31.7 Å². The minimum Gasteiger partial charge on any atom is -0.480 e. The highest BCUT2D eigenvalue weighted by Gasteiger charge is 2.23. The van der Waals surface area contributed by atoms with Crippen molar-refractivity contribution in [1.29, 1.82) is 0 Å². The van der Waals surface area contributed by atoms with E-state index in [0.29, 0.717) is 10.0 Å². The summed E-state index contributed by atoms with van der Waals surface area (Å²) in [6.07, 6.45) is 0. The van der Waals surface area contributed by atoms with Crippen molar-refractivity contribution < 1.29 is 9.90 Å². The van der Waals surface area contributed by atoms with E-state index in [2.05, 4.69) is 11.8 Å². The smallest absolute Gasteiger partial charge is 0.317 e. The van der Waals surface area contributed by atoms with Crippen LogP contribution in [0.2, 0.25) is 10.0 Å². The molecule has 1 fully saturated rings. The molecule has 1 unspecified atom stereocenters. The third-order valence-electron chi connectivity index (χ3n) is 3.74. The lowest BCUT2D eigenvalue weighted by Crippen LogP contribution is -2.48. The molecule has 0 aliphatic carbocycles. The van der Waals surface area contributed by atoms with Crippen LogP contribution >= 0.6 is 23.2 Å². The first-order valence-electron chi connectivity index (χ1n) is 6.60. The number of carbonyl (C=O) groups is 1. The van der Waals surface area contributed by atoms with E-state index < -0.39 is 5.97 Å². The third-order valence-corrected chi connectivity index (χ3v) is 4.48. The van der Waals surface area contributed by atoms with Gasteiger partial charge in [0.15, 0.2) is 0 Å². The molecule has 1 atom stereocenters. The Balaban J connectivity index is 1.95. The number of aliphatic carboxylic acids is 1.